The Hall–Kier alpha value is -5.64. The monoisotopic (exact) mass is 1060 g/mol. The summed E-state index contributed by atoms with van der Waals surface area (Å²) in [4.78, 5) is 9.56. The van der Waals surface area contributed by atoms with Crippen LogP contribution in [0.2, 0.25) is 0 Å². The summed E-state index contributed by atoms with van der Waals surface area (Å²) in [6, 6.07) is 53.6. The number of ether oxygens (including phenoxy) is 1. The SMILES string of the molecule is CC(C)(C)c1cc(N2[CH-]N(c3[c-]c(Oc4[c-]c5c(cc4)c4cc(C(C)(C)c6ccccc6)ccc4n5-c4cc(C(C)(C)C)ccn4)ccc3)c3cc(C(C)(C)C)ccc32)cc(C(C)(C)C)c1.[Pt]. The normalized spacial score (nSPS) is 13.6. The summed E-state index contributed by atoms with van der Waals surface area (Å²) in [5.74, 6) is 2.06. The van der Waals surface area contributed by atoms with Gasteiger partial charge in [0.05, 0.1) is 0 Å². The third-order valence-corrected chi connectivity index (χ3v) is 13.5. The van der Waals surface area contributed by atoms with Gasteiger partial charge >= 0.3 is 0 Å². The largest absolute Gasteiger partial charge is 0.509 e. The van der Waals surface area contributed by atoms with Gasteiger partial charge in [-0.1, -0.05) is 157 Å². The van der Waals surface area contributed by atoms with Gasteiger partial charge in [-0.3, -0.25) is 0 Å². The summed E-state index contributed by atoms with van der Waals surface area (Å²) in [6.45, 7) is 34.1. The molecule has 0 N–H and O–H groups in total. The molecule has 0 spiro atoms. The molecule has 0 unspecified atom stereocenters. The Kier molecular flexibility index (Phi) is 12.2. The van der Waals surface area contributed by atoms with Crippen molar-refractivity contribution in [2.24, 2.45) is 0 Å². The number of rotatable bonds is 7. The summed E-state index contributed by atoms with van der Waals surface area (Å²) in [5, 5.41) is 2.24. The van der Waals surface area contributed by atoms with E-state index in [0.717, 1.165) is 50.4 Å². The number of fused-ring (bicyclic) bond motifs is 4. The maximum absolute atomic E-state index is 6.77. The van der Waals surface area contributed by atoms with Crippen molar-refractivity contribution in [3.63, 3.8) is 0 Å². The number of pyridine rings is 1. The Morgan fingerprint density at radius 2 is 1.10 bits per heavy atom. The first kappa shape index (κ1) is 47.8. The Morgan fingerprint density at radius 1 is 0.478 bits per heavy atom. The fourth-order valence-electron chi connectivity index (χ4n) is 9.03. The number of hydrogen-bond acceptors (Lipinski definition) is 4. The van der Waals surface area contributed by atoms with E-state index in [0.29, 0.717) is 11.5 Å². The van der Waals surface area contributed by atoms with E-state index in [9.17, 15) is 0 Å². The fraction of sp³-hybridized carbons (Fsp3) is 0.311. The quantitative estimate of drug-likeness (QED) is 0.149. The van der Waals surface area contributed by atoms with Crippen molar-refractivity contribution in [1.82, 2.24) is 9.55 Å². The maximum Gasteiger partial charge on any atom is 0.135 e. The minimum atomic E-state index is -0.202. The second-order valence-electron chi connectivity index (χ2n) is 22.9. The number of nitrogens with zero attached hydrogens (tertiary/aromatic N) is 4. The molecule has 0 amide bonds. The summed E-state index contributed by atoms with van der Waals surface area (Å²) in [6.07, 6.45) is 1.92. The van der Waals surface area contributed by atoms with Crippen molar-refractivity contribution in [3.05, 3.63) is 186 Å². The molecule has 6 aromatic carbocycles. The number of benzene rings is 6. The molecule has 9 rings (SSSR count). The van der Waals surface area contributed by atoms with E-state index in [-0.39, 0.29) is 48.1 Å². The molecule has 5 nitrogen and oxygen atoms in total. The van der Waals surface area contributed by atoms with E-state index in [2.05, 4.69) is 245 Å². The number of anilines is 4. The molecule has 1 aliphatic heterocycles. The fourth-order valence-corrected chi connectivity index (χ4v) is 9.03. The molecule has 67 heavy (non-hydrogen) atoms. The Morgan fingerprint density at radius 3 is 1.76 bits per heavy atom. The van der Waals surface area contributed by atoms with Crippen LogP contribution in [-0.4, -0.2) is 9.55 Å². The van der Waals surface area contributed by atoms with Gasteiger partial charge in [0.25, 0.3) is 0 Å². The molecule has 0 saturated carbocycles. The van der Waals surface area contributed by atoms with Gasteiger partial charge in [0, 0.05) is 66.8 Å². The Balaban J connectivity index is 0.00000608. The molecule has 0 bridgehead atoms. The topological polar surface area (TPSA) is 33.5 Å². The third-order valence-electron chi connectivity index (χ3n) is 13.5. The van der Waals surface area contributed by atoms with Crippen LogP contribution < -0.4 is 14.5 Å². The van der Waals surface area contributed by atoms with Gasteiger partial charge in [-0.25, -0.2) is 4.98 Å². The number of aromatic nitrogens is 2. The van der Waals surface area contributed by atoms with Crippen LogP contribution in [0.3, 0.4) is 0 Å². The molecular formula is C61H65N4OPt-3. The first-order chi connectivity index (χ1) is 31.0. The molecule has 0 atom stereocenters. The van der Waals surface area contributed by atoms with Crippen LogP contribution in [0.15, 0.2) is 134 Å². The van der Waals surface area contributed by atoms with Gasteiger partial charge in [-0.05, 0) is 103 Å². The first-order valence-corrected chi connectivity index (χ1v) is 23.4. The van der Waals surface area contributed by atoms with Crippen molar-refractivity contribution in [1.29, 1.82) is 0 Å². The van der Waals surface area contributed by atoms with E-state index in [1.807, 2.05) is 18.3 Å². The zero-order chi connectivity index (χ0) is 47.1. The molecule has 0 aliphatic carbocycles. The summed E-state index contributed by atoms with van der Waals surface area (Å²) >= 11 is 0. The Labute approximate surface area is 414 Å². The van der Waals surface area contributed by atoms with Crippen LogP contribution >= 0.6 is 0 Å². The van der Waals surface area contributed by atoms with E-state index in [4.69, 9.17) is 9.72 Å². The first-order valence-electron chi connectivity index (χ1n) is 23.4. The van der Waals surface area contributed by atoms with Crippen LogP contribution in [0.1, 0.15) is 130 Å². The van der Waals surface area contributed by atoms with Gasteiger partial charge < -0.3 is 19.1 Å². The van der Waals surface area contributed by atoms with Crippen molar-refractivity contribution in [3.8, 4) is 17.3 Å². The molecule has 0 radical (unpaired) electrons. The molecule has 1 aliphatic rings. The van der Waals surface area contributed by atoms with E-state index >= 15 is 0 Å². The standard InChI is InChI=1S/C61H65N4O.Pt/c1-57(2,3)41-23-28-53-55(35-41)63(39-64(53)47-32-44(59(7,8)9)31-45(33-47)60(10,11)12)46-21-18-22-48(37-46)66-49-25-26-50-51-34-43(61(13,14)40-19-16-15-17-20-40)24-27-52(51)65(54(50)38-49)56-36-42(29-30-62-56)58(4,5)6;/h15-36,39H,1-14H3;/q-3;. The van der Waals surface area contributed by atoms with Crippen molar-refractivity contribution in [2.75, 3.05) is 9.80 Å². The van der Waals surface area contributed by atoms with Crippen LogP contribution in [0.5, 0.6) is 11.5 Å². The molecule has 348 valence electrons. The van der Waals surface area contributed by atoms with E-state index in [1.54, 1.807) is 0 Å². The van der Waals surface area contributed by atoms with Gasteiger partial charge in [0.1, 0.15) is 5.82 Å². The predicted molar refractivity (Wildman–Crippen MR) is 278 cm³/mol. The third kappa shape index (κ3) is 9.21. The second-order valence-corrected chi connectivity index (χ2v) is 22.9. The van der Waals surface area contributed by atoms with Gasteiger partial charge in [0.2, 0.25) is 0 Å². The average molecular weight is 1070 g/mol. The van der Waals surface area contributed by atoms with Crippen molar-refractivity contribution in [2.45, 2.75) is 124 Å². The molecule has 2 aromatic heterocycles. The molecule has 0 fully saturated rings. The van der Waals surface area contributed by atoms with Gasteiger partial charge in [-0.15, -0.1) is 48.1 Å². The number of hydrogen-bond donors (Lipinski definition) is 0. The predicted octanol–water partition coefficient (Wildman–Crippen LogP) is 16.5. The average Bonchev–Trinajstić information content (AvgIpc) is 3.81. The van der Waals surface area contributed by atoms with Crippen molar-refractivity contribution >= 4 is 44.6 Å². The smallest absolute Gasteiger partial charge is 0.135 e. The molecule has 6 heteroatoms. The maximum atomic E-state index is 6.77. The minimum Gasteiger partial charge on any atom is -0.509 e. The van der Waals surface area contributed by atoms with Gasteiger partial charge in [-0.2, -0.15) is 12.1 Å². The minimum absolute atomic E-state index is 0. The van der Waals surface area contributed by atoms with Gasteiger partial charge in [0.15, 0.2) is 0 Å². The van der Waals surface area contributed by atoms with E-state index < -0.39 is 0 Å². The summed E-state index contributed by atoms with van der Waals surface area (Å²) < 4.78 is 9.01. The van der Waals surface area contributed by atoms with Crippen molar-refractivity contribution < 1.29 is 25.8 Å². The van der Waals surface area contributed by atoms with Crippen LogP contribution in [0.4, 0.5) is 22.7 Å². The van der Waals surface area contributed by atoms with Crippen LogP contribution in [0.25, 0.3) is 27.6 Å². The summed E-state index contributed by atoms with van der Waals surface area (Å²) in [7, 11) is 0. The summed E-state index contributed by atoms with van der Waals surface area (Å²) in [5.41, 5.74) is 13.5. The van der Waals surface area contributed by atoms with E-state index in [1.165, 1.54) is 33.4 Å². The molecule has 3 heterocycles. The zero-order valence-corrected chi connectivity index (χ0v) is 44.1. The molecular weight excluding hydrogens is 1000 g/mol. The van der Waals surface area contributed by atoms with Crippen LogP contribution in [-0.2, 0) is 48.1 Å². The van der Waals surface area contributed by atoms with Crippen LogP contribution in [0, 0.1) is 18.8 Å². The zero-order valence-electron chi connectivity index (χ0n) is 41.8. The molecule has 0 saturated heterocycles. The Bertz CT molecular complexity index is 3080. The second kappa shape index (κ2) is 17.1. The molecule has 8 aromatic rings.